The molecular weight excluding hydrogens is 248 g/mol. The number of rotatable bonds is 6. The van der Waals surface area contributed by atoms with Gasteiger partial charge in [0.25, 0.3) is 0 Å². The van der Waals surface area contributed by atoms with Gasteiger partial charge in [-0.15, -0.1) is 0 Å². The molecule has 0 aliphatic heterocycles. The van der Waals surface area contributed by atoms with E-state index in [9.17, 15) is 0 Å². The molecule has 1 aromatic carbocycles. The summed E-state index contributed by atoms with van der Waals surface area (Å²) in [7, 11) is 1.66. The van der Waals surface area contributed by atoms with Gasteiger partial charge < -0.3 is 9.47 Å². The van der Waals surface area contributed by atoms with Crippen LogP contribution in [0.1, 0.15) is 6.92 Å². The van der Waals surface area contributed by atoms with E-state index < -0.39 is 0 Å². The lowest BCUT2D eigenvalue weighted by atomic mass is 10.3. The molecule has 0 atom stereocenters. The summed E-state index contributed by atoms with van der Waals surface area (Å²) in [6.45, 7) is 2.70. The second kappa shape index (κ2) is 6.47. The Labute approximate surface area is 111 Å². The smallest absolute Gasteiger partial charge is 0.174 e. The Morgan fingerprint density at radius 1 is 1.39 bits per heavy atom. The number of imidazole rings is 1. The number of hydrogen-bond acceptors (Lipinski definition) is 4. The highest BCUT2D eigenvalue weighted by atomic mass is 32.2. The average molecular weight is 264 g/mol. The summed E-state index contributed by atoms with van der Waals surface area (Å²) in [5, 5.41) is 0.914. The zero-order chi connectivity index (χ0) is 12.8. The minimum Gasteiger partial charge on any atom is -0.497 e. The summed E-state index contributed by atoms with van der Waals surface area (Å²) in [4.78, 5) is 4.32. The predicted octanol–water partition coefficient (Wildman–Crippen LogP) is 2.97. The van der Waals surface area contributed by atoms with E-state index in [0.29, 0.717) is 12.5 Å². The maximum Gasteiger partial charge on any atom is 0.174 e. The highest BCUT2D eigenvalue weighted by Gasteiger charge is 2.06. The molecule has 0 aliphatic carbocycles. The molecular formula is C13H16N2O2S. The van der Waals surface area contributed by atoms with Crippen molar-refractivity contribution >= 4 is 11.8 Å². The van der Waals surface area contributed by atoms with Crippen LogP contribution in [0.2, 0.25) is 0 Å². The maximum atomic E-state index is 5.33. The Hall–Kier alpha value is -1.46. The third-order valence-corrected chi connectivity index (χ3v) is 3.26. The fourth-order valence-corrected chi connectivity index (χ4v) is 2.33. The Morgan fingerprint density at radius 2 is 2.28 bits per heavy atom. The molecule has 5 heteroatoms. The number of thioether (sulfide) groups is 1. The lowest BCUT2D eigenvalue weighted by Crippen LogP contribution is -1.97. The number of ether oxygens (including phenoxy) is 2. The monoisotopic (exact) mass is 264 g/mol. The van der Waals surface area contributed by atoms with Crippen LogP contribution in [0.5, 0.6) is 5.75 Å². The van der Waals surface area contributed by atoms with E-state index in [4.69, 9.17) is 9.47 Å². The van der Waals surface area contributed by atoms with Crippen LogP contribution in [-0.2, 0) is 4.74 Å². The molecule has 0 saturated carbocycles. The molecule has 0 saturated heterocycles. The number of aromatic nitrogens is 2. The van der Waals surface area contributed by atoms with E-state index in [-0.39, 0.29) is 0 Å². The Kier molecular flexibility index (Phi) is 4.66. The summed E-state index contributed by atoms with van der Waals surface area (Å²) in [6, 6.07) is 7.89. The Morgan fingerprint density at radius 3 is 3.06 bits per heavy atom. The van der Waals surface area contributed by atoms with E-state index in [2.05, 4.69) is 4.98 Å². The van der Waals surface area contributed by atoms with E-state index in [1.165, 1.54) is 0 Å². The number of methoxy groups -OCH3 is 1. The average Bonchev–Trinajstić information content (AvgIpc) is 2.87. The minimum atomic E-state index is 0.609. The number of hydrogen-bond donors (Lipinski definition) is 0. The van der Waals surface area contributed by atoms with Crippen LogP contribution in [0.4, 0.5) is 0 Å². The first-order valence-corrected chi connectivity index (χ1v) is 6.72. The molecule has 18 heavy (non-hydrogen) atoms. The van der Waals surface area contributed by atoms with E-state index in [1.54, 1.807) is 25.1 Å². The fourth-order valence-electron chi connectivity index (χ4n) is 1.53. The molecule has 0 spiro atoms. The standard InChI is InChI=1S/C13H16N2O2S/c1-3-17-10-18-13-14-7-8-15(13)11-5-4-6-12(9-11)16-2/h4-9H,3,10H2,1-2H3. The molecule has 1 heterocycles. The first kappa shape index (κ1) is 13.0. The first-order chi connectivity index (χ1) is 8.85. The normalized spacial score (nSPS) is 10.6. The second-order valence-corrected chi connectivity index (χ2v) is 4.43. The SMILES string of the molecule is CCOCSc1nccn1-c1cccc(OC)c1. The molecule has 4 nitrogen and oxygen atoms in total. The highest BCUT2D eigenvalue weighted by Crippen LogP contribution is 2.23. The van der Waals surface area contributed by atoms with E-state index >= 15 is 0 Å². The van der Waals surface area contributed by atoms with Gasteiger partial charge in [0.2, 0.25) is 0 Å². The van der Waals surface area contributed by atoms with Crippen LogP contribution < -0.4 is 4.74 Å². The summed E-state index contributed by atoms with van der Waals surface area (Å²) in [5.74, 6) is 1.44. The molecule has 0 aliphatic rings. The van der Waals surface area contributed by atoms with Gasteiger partial charge in [-0.05, 0) is 19.1 Å². The lowest BCUT2D eigenvalue weighted by molar-refractivity contribution is 0.199. The third kappa shape index (κ3) is 3.05. The number of benzene rings is 1. The van der Waals surface area contributed by atoms with Crippen LogP contribution in [0.25, 0.3) is 5.69 Å². The van der Waals surface area contributed by atoms with E-state index in [1.807, 2.05) is 42.0 Å². The van der Waals surface area contributed by atoms with Gasteiger partial charge in [-0.25, -0.2) is 4.98 Å². The van der Waals surface area contributed by atoms with Gasteiger partial charge in [-0.1, -0.05) is 17.8 Å². The minimum absolute atomic E-state index is 0.609. The summed E-state index contributed by atoms with van der Waals surface area (Å²) in [6.07, 6.45) is 3.72. The highest BCUT2D eigenvalue weighted by molar-refractivity contribution is 7.99. The fraction of sp³-hybridized carbons (Fsp3) is 0.308. The number of nitrogens with zero attached hydrogens (tertiary/aromatic N) is 2. The van der Waals surface area contributed by atoms with Gasteiger partial charge in [0.15, 0.2) is 5.16 Å². The van der Waals surface area contributed by atoms with Crippen molar-refractivity contribution in [2.24, 2.45) is 0 Å². The van der Waals surface area contributed by atoms with Gasteiger partial charge in [0, 0.05) is 25.1 Å². The van der Waals surface area contributed by atoms with Crippen LogP contribution in [0.3, 0.4) is 0 Å². The van der Waals surface area contributed by atoms with Crippen LogP contribution in [-0.4, -0.2) is 29.2 Å². The second-order valence-electron chi connectivity index (χ2n) is 3.54. The van der Waals surface area contributed by atoms with Crippen molar-refractivity contribution in [3.8, 4) is 11.4 Å². The van der Waals surface area contributed by atoms with Crippen molar-refractivity contribution < 1.29 is 9.47 Å². The molecule has 96 valence electrons. The zero-order valence-electron chi connectivity index (χ0n) is 10.5. The van der Waals surface area contributed by atoms with Crippen molar-refractivity contribution in [3.05, 3.63) is 36.7 Å². The van der Waals surface area contributed by atoms with Crippen LogP contribution in [0.15, 0.2) is 41.8 Å². The van der Waals surface area contributed by atoms with Crippen LogP contribution >= 0.6 is 11.8 Å². The lowest BCUT2D eigenvalue weighted by Gasteiger charge is -2.08. The molecule has 0 N–H and O–H groups in total. The predicted molar refractivity (Wildman–Crippen MR) is 72.5 cm³/mol. The Balaban J connectivity index is 2.19. The molecule has 0 unspecified atom stereocenters. The molecule has 0 amide bonds. The molecule has 0 radical (unpaired) electrons. The zero-order valence-corrected chi connectivity index (χ0v) is 11.3. The van der Waals surface area contributed by atoms with Crippen molar-refractivity contribution in [1.82, 2.24) is 9.55 Å². The molecule has 0 bridgehead atoms. The Bertz CT molecular complexity index is 499. The van der Waals surface area contributed by atoms with Crippen molar-refractivity contribution in [2.45, 2.75) is 12.1 Å². The van der Waals surface area contributed by atoms with Gasteiger partial charge >= 0.3 is 0 Å². The van der Waals surface area contributed by atoms with Gasteiger partial charge in [-0.3, -0.25) is 4.57 Å². The van der Waals surface area contributed by atoms with Crippen molar-refractivity contribution in [2.75, 3.05) is 19.7 Å². The van der Waals surface area contributed by atoms with Gasteiger partial charge in [-0.2, -0.15) is 0 Å². The summed E-state index contributed by atoms with van der Waals surface area (Å²) in [5.41, 5.74) is 1.03. The summed E-state index contributed by atoms with van der Waals surface area (Å²) < 4.78 is 12.6. The van der Waals surface area contributed by atoms with E-state index in [0.717, 1.165) is 16.6 Å². The maximum absolute atomic E-state index is 5.33. The van der Waals surface area contributed by atoms with Crippen molar-refractivity contribution in [3.63, 3.8) is 0 Å². The molecule has 2 aromatic rings. The summed E-state index contributed by atoms with van der Waals surface area (Å²) >= 11 is 1.58. The largest absolute Gasteiger partial charge is 0.497 e. The first-order valence-electron chi connectivity index (χ1n) is 5.73. The third-order valence-electron chi connectivity index (χ3n) is 2.41. The molecule has 2 rings (SSSR count). The van der Waals surface area contributed by atoms with Gasteiger partial charge in [0.1, 0.15) is 5.75 Å². The van der Waals surface area contributed by atoms with Crippen molar-refractivity contribution in [1.29, 1.82) is 0 Å². The molecule has 0 fully saturated rings. The topological polar surface area (TPSA) is 36.3 Å². The molecule has 1 aromatic heterocycles. The van der Waals surface area contributed by atoms with Crippen LogP contribution in [0, 0.1) is 0 Å². The quantitative estimate of drug-likeness (QED) is 0.456. The van der Waals surface area contributed by atoms with Gasteiger partial charge in [0.05, 0.1) is 18.7 Å².